The molecule has 120 valence electrons. The summed E-state index contributed by atoms with van der Waals surface area (Å²) in [6, 6.07) is 4.51. The molecule has 0 saturated carbocycles. The van der Waals surface area contributed by atoms with Crippen molar-refractivity contribution in [3.8, 4) is 0 Å². The Bertz CT molecular complexity index is 781. The van der Waals surface area contributed by atoms with Crippen molar-refractivity contribution in [1.82, 2.24) is 4.98 Å². The molecule has 0 fully saturated rings. The third-order valence-corrected chi connectivity index (χ3v) is 3.01. The van der Waals surface area contributed by atoms with E-state index in [9.17, 15) is 28.1 Å². The van der Waals surface area contributed by atoms with Crippen LogP contribution in [0.4, 0.5) is 24.7 Å². The first-order valence-electron chi connectivity index (χ1n) is 5.97. The minimum atomic E-state index is -4.83. The standard InChI is InChI=1S/C13H7ClF3N3O3/c14-10-2-1-3-18-11(10)19-12(21)7-4-8(13(15,16)17)6-9(5-7)20(22)23/h1-6H,(H,18,19,21). The fourth-order valence-corrected chi connectivity index (χ4v) is 1.84. The number of hydrogen-bond donors (Lipinski definition) is 1. The van der Waals surface area contributed by atoms with E-state index in [-0.39, 0.29) is 10.8 Å². The van der Waals surface area contributed by atoms with Gasteiger partial charge in [-0.15, -0.1) is 0 Å². The molecule has 0 radical (unpaired) electrons. The highest BCUT2D eigenvalue weighted by Crippen LogP contribution is 2.33. The lowest BCUT2D eigenvalue weighted by molar-refractivity contribution is -0.385. The maximum atomic E-state index is 12.8. The Morgan fingerprint density at radius 1 is 1.30 bits per heavy atom. The minimum absolute atomic E-state index is 0.0702. The number of nitrogens with zero attached hydrogens (tertiary/aromatic N) is 2. The second-order valence-electron chi connectivity index (χ2n) is 4.31. The fourth-order valence-electron chi connectivity index (χ4n) is 1.67. The Balaban J connectivity index is 2.42. The Hall–Kier alpha value is -2.68. The van der Waals surface area contributed by atoms with E-state index in [0.717, 1.165) is 6.07 Å². The molecule has 0 aliphatic carbocycles. The molecule has 23 heavy (non-hydrogen) atoms. The molecule has 0 aliphatic heterocycles. The number of benzene rings is 1. The van der Waals surface area contributed by atoms with Gasteiger partial charge in [-0.05, 0) is 18.2 Å². The predicted molar refractivity (Wildman–Crippen MR) is 75.3 cm³/mol. The Labute approximate surface area is 132 Å². The molecule has 1 aromatic carbocycles. The van der Waals surface area contributed by atoms with Gasteiger partial charge in [-0.1, -0.05) is 11.6 Å². The predicted octanol–water partition coefficient (Wildman–Crippen LogP) is 3.91. The molecular formula is C13H7ClF3N3O3. The highest BCUT2D eigenvalue weighted by atomic mass is 35.5. The van der Waals surface area contributed by atoms with Gasteiger partial charge in [-0.2, -0.15) is 13.2 Å². The molecule has 1 N–H and O–H groups in total. The normalized spacial score (nSPS) is 11.1. The zero-order chi connectivity index (χ0) is 17.2. The van der Waals surface area contributed by atoms with Gasteiger partial charge in [0.25, 0.3) is 11.6 Å². The second-order valence-corrected chi connectivity index (χ2v) is 4.72. The van der Waals surface area contributed by atoms with Crippen LogP contribution in [-0.4, -0.2) is 15.8 Å². The number of amides is 1. The molecule has 0 atom stereocenters. The third-order valence-electron chi connectivity index (χ3n) is 2.71. The van der Waals surface area contributed by atoms with Gasteiger partial charge < -0.3 is 5.32 Å². The number of nitro benzene ring substituents is 1. The highest BCUT2D eigenvalue weighted by molar-refractivity contribution is 6.33. The largest absolute Gasteiger partial charge is 0.416 e. The van der Waals surface area contributed by atoms with Crippen LogP contribution in [0.3, 0.4) is 0 Å². The van der Waals surface area contributed by atoms with Crippen molar-refractivity contribution in [3.05, 3.63) is 62.8 Å². The van der Waals surface area contributed by atoms with E-state index >= 15 is 0 Å². The smallest absolute Gasteiger partial charge is 0.305 e. The number of non-ortho nitro benzene ring substituents is 1. The molecule has 1 aromatic heterocycles. The Kier molecular flexibility index (Phi) is 4.50. The topological polar surface area (TPSA) is 85.1 Å². The molecule has 1 heterocycles. The summed E-state index contributed by atoms with van der Waals surface area (Å²) in [4.78, 5) is 25.5. The number of nitro groups is 1. The van der Waals surface area contributed by atoms with Gasteiger partial charge in [0.05, 0.1) is 15.5 Å². The summed E-state index contributed by atoms with van der Waals surface area (Å²) in [5, 5.41) is 13.0. The molecule has 1 amide bonds. The fraction of sp³-hybridized carbons (Fsp3) is 0.0769. The van der Waals surface area contributed by atoms with Crippen molar-refractivity contribution < 1.29 is 22.9 Å². The van der Waals surface area contributed by atoms with Crippen LogP contribution in [0.1, 0.15) is 15.9 Å². The number of anilines is 1. The van der Waals surface area contributed by atoms with E-state index in [1.165, 1.54) is 18.3 Å². The lowest BCUT2D eigenvalue weighted by Gasteiger charge is -2.10. The summed E-state index contributed by atoms with van der Waals surface area (Å²) in [6.45, 7) is 0. The summed E-state index contributed by atoms with van der Waals surface area (Å²) in [5.74, 6) is -1.07. The van der Waals surface area contributed by atoms with Crippen LogP contribution < -0.4 is 5.32 Å². The van der Waals surface area contributed by atoms with Crippen LogP contribution in [0.25, 0.3) is 0 Å². The van der Waals surface area contributed by atoms with E-state index < -0.39 is 33.8 Å². The van der Waals surface area contributed by atoms with Crippen LogP contribution in [0.5, 0.6) is 0 Å². The number of carbonyl (C=O) groups is 1. The van der Waals surface area contributed by atoms with Crippen molar-refractivity contribution in [1.29, 1.82) is 0 Å². The molecule has 0 saturated heterocycles. The lowest BCUT2D eigenvalue weighted by atomic mass is 10.1. The number of pyridine rings is 1. The molecule has 0 unspecified atom stereocenters. The SMILES string of the molecule is O=C(Nc1ncccc1Cl)c1cc([N+](=O)[O-])cc(C(F)(F)F)c1. The molecular weight excluding hydrogens is 339 g/mol. The molecule has 10 heteroatoms. The number of aromatic nitrogens is 1. The second kappa shape index (κ2) is 6.21. The first-order valence-corrected chi connectivity index (χ1v) is 6.35. The number of nitrogens with one attached hydrogen (secondary N) is 1. The van der Waals surface area contributed by atoms with E-state index in [2.05, 4.69) is 10.3 Å². The average Bonchev–Trinajstić information content (AvgIpc) is 2.48. The number of rotatable bonds is 3. The van der Waals surface area contributed by atoms with E-state index in [0.29, 0.717) is 12.1 Å². The number of alkyl halides is 3. The summed E-state index contributed by atoms with van der Waals surface area (Å²) in [5.41, 5.74) is -2.69. The maximum absolute atomic E-state index is 12.8. The van der Waals surface area contributed by atoms with E-state index in [1.54, 1.807) is 0 Å². The first kappa shape index (κ1) is 16.7. The summed E-state index contributed by atoms with van der Waals surface area (Å²) in [7, 11) is 0. The monoisotopic (exact) mass is 345 g/mol. The van der Waals surface area contributed by atoms with Crippen LogP contribution in [0, 0.1) is 10.1 Å². The van der Waals surface area contributed by atoms with Crippen LogP contribution in [0.15, 0.2) is 36.5 Å². The van der Waals surface area contributed by atoms with Crippen molar-refractivity contribution in [2.75, 3.05) is 5.32 Å². The molecule has 2 rings (SSSR count). The van der Waals surface area contributed by atoms with Crippen LogP contribution in [0.2, 0.25) is 5.02 Å². The van der Waals surface area contributed by atoms with Gasteiger partial charge in [0.1, 0.15) is 0 Å². The van der Waals surface area contributed by atoms with Gasteiger partial charge in [0, 0.05) is 23.9 Å². The van der Waals surface area contributed by atoms with Gasteiger partial charge in [-0.25, -0.2) is 4.98 Å². The highest BCUT2D eigenvalue weighted by Gasteiger charge is 2.33. The molecule has 0 bridgehead atoms. The van der Waals surface area contributed by atoms with Crippen LogP contribution >= 0.6 is 11.6 Å². The zero-order valence-corrected chi connectivity index (χ0v) is 11.9. The van der Waals surface area contributed by atoms with Crippen LogP contribution in [-0.2, 0) is 6.18 Å². The van der Waals surface area contributed by atoms with Gasteiger partial charge >= 0.3 is 6.18 Å². The summed E-state index contributed by atoms with van der Waals surface area (Å²) >= 11 is 5.78. The molecule has 0 aliphatic rings. The Morgan fingerprint density at radius 3 is 2.57 bits per heavy atom. The van der Waals surface area contributed by atoms with E-state index in [4.69, 9.17) is 11.6 Å². The molecule has 0 spiro atoms. The van der Waals surface area contributed by atoms with Crippen molar-refractivity contribution in [2.45, 2.75) is 6.18 Å². The van der Waals surface area contributed by atoms with E-state index in [1.807, 2.05) is 0 Å². The van der Waals surface area contributed by atoms with Gasteiger partial charge in [0.15, 0.2) is 5.82 Å². The van der Waals surface area contributed by atoms with Crippen molar-refractivity contribution in [3.63, 3.8) is 0 Å². The Morgan fingerprint density at radius 2 is 2.00 bits per heavy atom. The maximum Gasteiger partial charge on any atom is 0.416 e. The zero-order valence-electron chi connectivity index (χ0n) is 11.1. The summed E-state index contributed by atoms with van der Waals surface area (Å²) in [6.07, 6.45) is -3.51. The quantitative estimate of drug-likeness (QED) is 0.675. The minimum Gasteiger partial charge on any atom is -0.305 e. The number of halogens is 4. The lowest BCUT2D eigenvalue weighted by Crippen LogP contribution is -2.15. The number of carbonyl (C=O) groups excluding carboxylic acids is 1. The number of hydrogen-bond acceptors (Lipinski definition) is 4. The van der Waals surface area contributed by atoms with Crippen molar-refractivity contribution in [2.24, 2.45) is 0 Å². The average molecular weight is 346 g/mol. The first-order chi connectivity index (χ1) is 10.7. The van der Waals surface area contributed by atoms with Gasteiger partial charge in [-0.3, -0.25) is 14.9 Å². The third kappa shape index (κ3) is 3.95. The molecule has 2 aromatic rings. The summed E-state index contributed by atoms with van der Waals surface area (Å²) < 4.78 is 38.3. The van der Waals surface area contributed by atoms with Gasteiger partial charge in [0.2, 0.25) is 0 Å². The van der Waals surface area contributed by atoms with Crippen molar-refractivity contribution >= 4 is 29.0 Å². The molecule has 6 nitrogen and oxygen atoms in total.